The molecule has 1 N–H and O–H groups in total. The smallest absolute Gasteiger partial charge is 0.307 e. The Hall–Kier alpha value is -1.59. The van der Waals surface area contributed by atoms with Crippen molar-refractivity contribution < 1.29 is 19.1 Å². The molecule has 2 fully saturated rings. The highest BCUT2D eigenvalue weighted by Gasteiger charge is 2.36. The van der Waals surface area contributed by atoms with E-state index in [9.17, 15) is 14.4 Å². The Balaban J connectivity index is 1.67. The number of carbonyl (C=O) groups excluding carboxylic acids is 3. The number of likely N-dealkylation sites (tertiary alicyclic amines) is 1. The van der Waals surface area contributed by atoms with Crippen molar-refractivity contribution in [1.29, 1.82) is 0 Å². The van der Waals surface area contributed by atoms with E-state index in [4.69, 9.17) is 4.74 Å². The van der Waals surface area contributed by atoms with Gasteiger partial charge in [-0.3, -0.25) is 14.4 Å². The summed E-state index contributed by atoms with van der Waals surface area (Å²) in [6.07, 6.45) is 2.85. The first-order valence-electron chi connectivity index (χ1n) is 7.31. The topological polar surface area (TPSA) is 75.7 Å². The highest BCUT2D eigenvalue weighted by molar-refractivity contribution is 5.89. The fraction of sp³-hybridized carbons (Fsp3) is 0.786. The van der Waals surface area contributed by atoms with E-state index in [2.05, 4.69) is 5.32 Å². The maximum absolute atomic E-state index is 11.9. The highest BCUT2D eigenvalue weighted by Crippen LogP contribution is 2.31. The fourth-order valence-electron chi connectivity index (χ4n) is 2.40. The van der Waals surface area contributed by atoms with Crippen molar-refractivity contribution in [3.8, 4) is 0 Å². The van der Waals surface area contributed by atoms with Crippen molar-refractivity contribution in [3.63, 3.8) is 0 Å². The number of ether oxygens (including phenoxy) is 1. The van der Waals surface area contributed by atoms with Gasteiger partial charge >= 0.3 is 5.97 Å². The molecular formula is C14H22N2O4. The van der Waals surface area contributed by atoms with E-state index in [-0.39, 0.29) is 43.1 Å². The van der Waals surface area contributed by atoms with Crippen LogP contribution in [0.5, 0.6) is 0 Å². The summed E-state index contributed by atoms with van der Waals surface area (Å²) in [6.45, 7) is 3.67. The van der Waals surface area contributed by atoms with Gasteiger partial charge in [-0.05, 0) is 25.7 Å². The molecule has 2 aliphatic rings. The molecule has 0 aromatic heterocycles. The molecule has 0 radical (unpaired) electrons. The number of hydrogen-bond donors (Lipinski definition) is 1. The van der Waals surface area contributed by atoms with E-state index in [0.717, 1.165) is 6.54 Å². The first kappa shape index (κ1) is 14.8. The molecule has 0 spiro atoms. The summed E-state index contributed by atoms with van der Waals surface area (Å²) in [6, 6.07) is 0. The van der Waals surface area contributed by atoms with Gasteiger partial charge in [-0.15, -0.1) is 0 Å². The second-order valence-electron chi connectivity index (χ2n) is 5.49. The van der Waals surface area contributed by atoms with Gasteiger partial charge in [0.05, 0.1) is 18.9 Å². The summed E-state index contributed by atoms with van der Waals surface area (Å²) in [4.78, 5) is 36.7. The van der Waals surface area contributed by atoms with E-state index in [1.807, 2.05) is 0 Å². The molecule has 2 amide bonds. The Morgan fingerprint density at radius 3 is 2.80 bits per heavy atom. The Morgan fingerprint density at radius 2 is 2.15 bits per heavy atom. The Morgan fingerprint density at radius 1 is 1.40 bits per heavy atom. The number of hydrogen-bond acceptors (Lipinski definition) is 4. The number of nitrogens with zero attached hydrogens (tertiary/aromatic N) is 1. The Labute approximate surface area is 118 Å². The molecule has 112 valence electrons. The average Bonchev–Trinajstić information content (AvgIpc) is 3.13. The second-order valence-corrected chi connectivity index (χ2v) is 5.49. The van der Waals surface area contributed by atoms with Gasteiger partial charge in [0, 0.05) is 26.1 Å². The van der Waals surface area contributed by atoms with Crippen LogP contribution in [0.4, 0.5) is 0 Å². The lowest BCUT2D eigenvalue weighted by Crippen LogP contribution is -2.34. The van der Waals surface area contributed by atoms with Crippen LogP contribution in [0.25, 0.3) is 0 Å². The number of esters is 1. The van der Waals surface area contributed by atoms with E-state index < -0.39 is 0 Å². The van der Waals surface area contributed by atoms with E-state index in [1.165, 1.54) is 12.8 Å². The standard InChI is InChI=1S/C14H22N2O4/c1-2-20-13(18)5-6-15-14(19)11-7-12(17)16(9-11)8-10-3-4-10/h10-11H,2-9H2,1H3,(H,15,19). The minimum Gasteiger partial charge on any atom is -0.466 e. The summed E-state index contributed by atoms with van der Waals surface area (Å²) in [7, 11) is 0. The minimum absolute atomic E-state index is 0.0717. The third-order valence-corrected chi connectivity index (χ3v) is 3.69. The molecule has 1 saturated carbocycles. The third kappa shape index (κ3) is 4.21. The van der Waals surface area contributed by atoms with Crippen LogP contribution in [-0.4, -0.2) is 48.9 Å². The highest BCUT2D eigenvalue weighted by atomic mass is 16.5. The average molecular weight is 282 g/mol. The first-order chi connectivity index (χ1) is 9.60. The predicted octanol–water partition coefficient (Wildman–Crippen LogP) is 0.314. The van der Waals surface area contributed by atoms with E-state index in [1.54, 1.807) is 11.8 Å². The first-order valence-corrected chi connectivity index (χ1v) is 7.31. The van der Waals surface area contributed by atoms with Crippen LogP contribution in [0.3, 0.4) is 0 Å². The summed E-state index contributed by atoms with van der Waals surface area (Å²) in [5.74, 6) is -0.0120. The van der Waals surface area contributed by atoms with Crippen molar-refractivity contribution >= 4 is 17.8 Å². The lowest BCUT2D eigenvalue weighted by molar-refractivity contribution is -0.143. The van der Waals surface area contributed by atoms with Crippen molar-refractivity contribution in [3.05, 3.63) is 0 Å². The number of rotatable bonds is 7. The summed E-state index contributed by atoms with van der Waals surface area (Å²) in [5.41, 5.74) is 0. The lowest BCUT2D eigenvalue weighted by atomic mass is 10.1. The van der Waals surface area contributed by atoms with Crippen LogP contribution in [0.15, 0.2) is 0 Å². The molecule has 1 aliphatic carbocycles. The molecule has 1 unspecified atom stereocenters. The molecule has 1 atom stereocenters. The zero-order valence-corrected chi connectivity index (χ0v) is 11.9. The predicted molar refractivity (Wildman–Crippen MR) is 71.7 cm³/mol. The van der Waals surface area contributed by atoms with Crippen LogP contribution in [0.2, 0.25) is 0 Å². The van der Waals surface area contributed by atoms with Crippen molar-refractivity contribution in [2.75, 3.05) is 26.2 Å². The molecule has 0 aromatic rings. The molecule has 1 saturated heterocycles. The third-order valence-electron chi connectivity index (χ3n) is 3.69. The quantitative estimate of drug-likeness (QED) is 0.682. The SMILES string of the molecule is CCOC(=O)CCNC(=O)C1CC(=O)N(CC2CC2)C1. The van der Waals surface area contributed by atoms with Crippen LogP contribution in [0.1, 0.15) is 32.6 Å². The molecule has 0 aromatic carbocycles. The van der Waals surface area contributed by atoms with Gasteiger partial charge in [0.15, 0.2) is 0 Å². The van der Waals surface area contributed by atoms with Gasteiger partial charge in [0.1, 0.15) is 0 Å². The van der Waals surface area contributed by atoms with Crippen LogP contribution in [-0.2, 0) is 19.1 Å². The van der Waals surface area contributed by atoms with Gasteiger partial charge < -0.3 is 15.0 Å². The molecule has 6 nitrogen and oxygen atoms in total. The van der Waals surface area contributed by atoms with Gasteiger partial charge in [0.2, 0.25) is 11.8 Å². The van der Waals surface area contributed by atoms with Crippen molar-refractivity contribution in [2.45, 2.75) is 32.6 Å². The molecule has 1 heterocycles. The Bertz CT molecular complexity index is 393. The second kappa shape index (κ2) is 6.72. The maximum Gasteiger partial charge on any atom is 0.307 e. The molecular weight excluding hydrogens is 260 g/mol. The largest absolute Gasteiger partial charge is 0.466 e. The van der Waals surface area contributed by atoms with E-state index >= 15 is 0 Å². The Kier molecular flexibility index (Phi) is 4.98. The number of nitrogens with one attached hydrogen (secondary N) is 1. The van der Waals surface area contributed by atoms with Gasteiger partial charge in [0.25, 0.3) is 0 Å². The van der Waals surface area contributed by atoms with Crippen LogP contribution >= 0.6 is 0 Å². The fourth-order valence-corrected chi connectivity index (χ4v) is 2.40. The number of amides is 2. The molecule has 1 aliphatic heterocycles. The van der Waals surface area contributed by atoms with Gasteiger partial charge in [-0.1, -0.05) is 0 Å². The summed E-state index contributed by atoms with van der Waals surface area (Å²) < 4.78 is 4.78. The minimum atomic E-state index is -0.314. The zero-order valence-electron chi connectivity index (χ0n) is 11.9. The molecule has 2 rings (SSSR count). The van der Waals surface area contributed by atoms with Crippen molar-refractivity contribution in [2.24, 2.45) is 11.8 Å². The van der Waals surface area contributed by atoms with Gasteiger partial charge in [-0.25, -0.2) is 0 Å². The normalized spacial score (nSPS) is 21.9. The summed E-state index contributed by atoms with van der Waals surface area (Å²) in [5, 5.41) is 2.71. The molecule has 0 bridgehead atoms. The van der Waals surface area contributed by atoms with Crippen LogP contribution < -0.4 is 5.32 Å². The van der Waals surface area contributed by atoms with Crippen molar-refractivity contribution in [1.82, 2.24) is 10.2 Å². The lowest BCUT2D eigenvalue weighted by Gasteiger charge is -2.15. The zero-order chi connectivity index (χ0) is 14.5. The summed E-state index contributed by atoms with van der Waals surface area (Å²) >= 11 is 0. The maximum atomic E-state index is 11.9. The van der Waals surface area contributed by atoms with E-state index in [0.29, 0.717) is 19.1 Å². The van der Waals surface area contributed by atoms with Gasteiger partial charge in [-0.2, -0.15) is 0 Å². The molecule has 6 heteroatoms. The monoisotopic (exact) mass is 282 g/mol. The molecule has 20 heavy (non-hydrogen) atoms. The van der Waals surface area contributed by atoms with Crippen LogP contribution in [0, 0.1) is 11.8 Å². The number of carbonyl (C=O) groups is 3.